The number of imide groups is 1. The topological polar surface area (TPSA) is 81.7 Å². The highest BCUT2D eigenvalue weighted by atomic mass is 16.5. The first-order valence-electron chi connectivity index (χ1n) is 7.47. The van der Waals surface area contributed by atoms with Gasteiger partial charge in [0.15, 0.2) is 6.61 Å². The molecule has 6 heteroatoms. The van der Waals surface area contributed by atoms with Crippen LogP contribution in [-0.4, -0.2) is 31.5 Å². The van der Waals surface area contributed by atoms with E-state index in [9.17, 15) is 14.4 Å². The number of rotatable bonds is 6. The lowest BCUT2D eigenvalue weighted by Crippen LogP contribution is -2.34. The second-order valence-electron chi connectivity index (χ2n) is 4.93. The number of carbonyl (C=O) groups is 3. The van der Waals surface area contributed by atoms with Gasteiger partial charge in [0.1, 0.15) is 5.75 Å². The summed E-state index contributed by atoms with van der Waals surface area (Å²) >= 11 is 0. The molecular formula is C19H17NO5. The van der Waals surface area contributed by atoms with Gasteiger partial charge in [-0.05, 0) is 23.8 Å². The molecule has 0 aliphatic heterocycles. The smallest absolute Gasteiger partial charge is 0.331 e. The number of benzene rings is 2. The van der Waals surface area contributed by atoms with E-state index in [0.29, 0.717) is 5.75 Å². The SMILES string of the molecule is COc1ccccc1C(=O)NC(=O)COC(=O)/C=C/c1ccccc1. The monoisotopic (exact) mass is 339 g/mol. The molecule has 2 rings (SSSR count). The molecule has 25 heavy (non-hydrogen) atoms. The Hall–Kier alpha value is -3.41. The van der Waals surface area contributed by atoms with E-state index in [2.05, 4.69) is 5.32 Å². The highest BCUT2D eigenvalue weighted by Crippen LogP contribution is 2.16. The zero-order valence-corrected chi connectivity index (χ0v) is 13.6. The molecule has 0 bridgehead atoms. The van der Waals surface area contributed by atoms with E-state index in [1.807, 2.05) is 30.3 Å². The maximum atomic E-state index is 12.0. The van der Waals surface area contributed by atoms with Crippen LogP contribution in [0.5, 0.6) is 5.75 Å². The van der Waals surface area contributed by atoms with E-state index in [1.165, 1.54) is 19.3 Å². The number of para-hydroxylation sites is 1. The van der Waals surface area contributed by atoms with Gasteiger partial charge < -0.3 is 9.47 Å². The molecule has 0 fully saturated rings. The molecule has 0 heterocycles. The standard InChI is InChI=1S/C19H17NO5/c1-24-16-10-6-5-9-15(16)19(23)20-17(21)13-25-18(22)12-11-14-7-3-2-4-8-14/h2-12H,13H2,1H3,(H,20,21,23)/b12-11+. The minimum Gasteiger partial charge on any atom is -0.496 e. The van der Waals surface area contributed by atoms with Crippen LogP contribution in [0.15, 0.2) is 60.7 Å². The summed E-state index contributed by atoms with van der Waals surface area (Å²) in [6, 6.07) is 15.7. The van der Waals surface area contributed by atoms with Crippen LogP contribution in [0.3, 0.4) is 0 Å². The lowest BCUT2D eigenvalue weighted by atomic mass is 10.2. The summed E-state index contributed by atoms with van der Waals surface area (Å²) in [5, 5.41) is 2.14. The van der Waals surface area contributed by atoms with Crippen molar-refractivity contribution in [2.45, 2.75) is 0 Å². The summed E-state index contributed by atoms with van der Waals surface area (Å²) in [4.78, 5) is 35.3. The van der Waals surface area contributed by atoms with Crippen LogP contribution in [0.2, 0.25) is 0 Å². The largest absolute Gasteiger partial charge is 0.496 e. The van der Waals surface area contributed by atoms with Crippen LogP contribution in [0, 0.1) is 0 Å². The van der Waals surface area contributed by atoms with Crippen molar-refractivity contribution in [1.29, 1.82) is 0 Å². The highest BCUT2D eigenvalue weighted by molar-refractivity contribution is 6.06. The van der Waals surface area contributed by atoms with Crippen LogP contribution in [0.4, 0.5) is 0 Å². The fourth-order valence-corrected chi connectivity index (χ4v) is 1.98. The van der Waals surface area contributed by atoms with Gasteiger partial charge in [-0.1, -0.05) is 42.5 Å². The van der Waals surface area contributed by atoms with Crippen molar-refractivity contribution in [1.82, 2.24) is 5.32 Å². The number of carbonyl (C=O) groups excluding carboxylic acids is 3. The van der Waals surface area contributed by atoms with Gasteiger partial charge in [-0.2, -0.15) is 0 Å². The normalized spacial score (nSPS) is 10.3. The van der Waals surface area contributed by atoms with Crippen molar-refractivity contribution in [3.63, 3.8) is 0 Å². The average molecular weight is 339 g/mol. The van der Waals surface area contributed by atoms with E-state index in [-0.39, 0.29) is 5.56 Å². The van der Waals surface area contributed by atoms with Gasteiger partial charge in [-0.25, -0.2) is 4.79 Å². The number of hydrogen-bond donors (Lipinski definition) is 1. The molecule has 2 amide bonds. The Morgan fingerprint density at radius 3 is 2.40 bits per heavy atom. The molecule has 2 aromatic carbocycles. The van der Waals surface area contributed by atoms with Crippen LogP contribution >= 0.6 is 0 Å². The molecule has 0 saturated heterocycles. The average Bonchev–Trinajstić information content (AvgIpc) is 2.65. The summed E-state index contributed by atoms with van der Waals surface area (Å²) in [5.74, 6) is -1.69. The Labute approximate surface area is 145 Å². The maximum absolute atomic E-state index is 12.0. The minimum absolute atomic E-state index is 0.216. The van der Waals surface area contributed by atoms with Crippen LogP contribution in [-0.2, 0) is 14.3 Å². The number of methoxy groups -OCH3 is 1. The Kier molecular flexibility index (Phi) is 6.47. The Balaban J connectivity index is 1.83. The number of nitrogens with one attached hydrogen (secondary N) is 1. The van der Waals surface area contributed by atoms with Crippen LogP contribution in [0.25, 0.3) is 6.08 Å². The van der Waals surface area contributed by atoms with Crippen molar-refractivity contribution in [2.24, 2.45) is 0 Å². The van der Waals surface area contributed by atoms with Gasteiger partial charge in [0.25, 0.3) is 11.8 Å². The van der Waals surface area contributed by atoms with Crippen molar-refractivity contribution >= 4 is 23.9 Å². The predicted molar refractivity (Wildman–Crippen MR) is 91.9 cm³/mol. The zero-order chi connectivity index (χ0) is 18.1. The maximum Gasteiger partial charge on any atom is 0.331 e. The molecule has 2 aromatic rings. The summed E-state index contributed by atoms with van der Waals surface area (Å²) in [6.45, 7) is -0.557. The second-order valence-corrected chi connectivity index (χ2v) is 4.93. The third-order valence-electron chi connectivity index (χ3n) is 3.16. The second kappa shape index (κ2) is 9.02. The van der Waals surface area contributed by atoms with E-state index in [0.717, 1.165) is 5.56 Å². The Morgan fingerprint density at radius 1 is 1.00 bits per heavy atom. The first-order valence-corrected chi connectivity index (χ1v) is 7.47. The van der Waals surface area contributed by atoms with E-state index < -0.39 is 24.4 Å². The molecule has 0 atom stereocenters. The van der Waals surface area contributed by atoms with Crippen LogP contribution in [0.1, 0.15) is 15.9 Å². The molecule has 0 aromatic heterocycles. The van der Waals surface area contributed by atoms with Gasteiger partial charge >= 0.3 is 5.97 Å². The fraction of sp³-hybridized carbons (Fsp3) is 0.105. The quantitative estimate of drug-likeness (QED) is 0.644. The summed E-state index contributed by atoms with van der Waals surface area (Å²) in [5.41, 5.74) is 1.05. The Morgan fingerprint density at radius 2 is 1.68 bits per heavy atom. The first kappa shape index (κ1) is 17.9. The third kappa shape index (κ3) is 5.62. The molecule has 1 N–H and O–H groups in total. The molecule has 128 valence electrons. The van der Waals surface area contributed by atoms with Gasteiger partial charge in [0, 0.05) is 6.08 Å². The number of hydrogen-bond acceptors (Lipinski definition) is 5. The molecule has 6 nitrogen and oxygen atoms in total. The van der Waals surface area contributed by atoms with E-state index >= 15 is 0 Å². The minimum atomic E-state index is -0.725. The van der Waals surface area contributed by atoms with Crippen molar-refractivity contribution < 1.29 is 23.9 Å². The number of esters is 1. The molecule has 0 saturated carbocycles. The van der Waals surface area contributed by atoms with Gasteiger partial charge in [0.2, 0.25) is 0 Å². The van der Waals surface area contributed by atoms with Gasteiger partial charge in [0.05, 0.1) is 12.7 Å². The molecule has 0 unspecified atom stereocenters. The molecule has 0 radical (unpaired) electrons. The zero-order valence-electron chi connectivity index (χ0n) is 13.6. The number of ether oxygens (including phenoxy) is 2. The van der Waals surface area contributed by atoms with E-state index in [4.69, 9.17) is 9.47 Å². The lowest BCUT2D eigenvalue weighted by molar-refractivity contribution is -0.143. The Bertz CT molecular complexity index is 783. The van der Waals surface area contributed by atoms with Crippen molar-refractivity contribution in [3.8, 4) is 5.75 Å². The molecular weight excluding hydrogens is 322 g/mol. The molecule has 0 aliphatic carbocycles. The van der Waals surface area contributed by atoms with Gasteiger partial charge in [-0.15, -0.1) is 0 Å². The third-order valence-corrected chi connectivity index (χ3v) is 3.16. The summed E-state index contributed by atoms with van der Waals surface area (Å²) < 4.78 is 9.85. The first-order chi connectivity index (χ1) is 12.1. The summed E-state index contributed by atoms with van der Waals surface area (Å²) in [6.07, 6.45) is 2.78. The molecule has 0 spiro atoms. The molecule has 0 aliphatic rings. The summed E-state index contributed by atoms with van der Waals surface area (Å²) in [7, 11) is 1.43. The lowest BCUT2D eigenvalue weighted by Gasteiger charge is -2.08. The van der Waals surface area contributed by atoms with Crippen LogP contribution < -0.4 is 10.1 Å². The predicted octanol–water partition coefficient (Wildman–Crippen LogP) is 2.21. The highest BCUT2D eigenvalue weighted by Gasteiger charge is 2.15. The van der Waals surface area contributed by atoms with Crippen molar-refractivity contribution in [2.75, 3.05) is 13.7 Å². The van der Waals surface area contributed by atoms with Crippen molar-refractivity contribution in [3.05, 3.63) is 71.8 Å². The number of amides is 2. The van der Waals surface area contributed by atoms with E-state index in [1.54, 1.807) is 24.3 Å². The fourth-order valence-electron chi connectivity index (χ4n) is 1.98. The van der Waals surface area contributed by atoms with Gasteiger partial charge in [-0.3, -0.25) is 14.9 Å².